The van der Waals surface area contributed by atoms with E-state index in [1.54, 1.807) is 6.92 Å². The van der Waals surface area contributed by atoms with Crippen LogP contribution in [0.1, 0.15) is 27.2 Å². The molecule has 0 aliphatic carbocycles. The number of carbonyl (C=O) groups excluding carboxylic acids is 1. The van der Waals surface area contributed by atoms with E-state index in [2.05, 4.69) is 0 Å². The first-order valence-electron chi connectivity index (χ1n) is 2.62. The maximum absolute atomic E-state index is 10.3. The summed E-state index contributed by atoms with van der Waals surface area (Å²) in [5.74, 6) is 0.813. The van der Waals surface area contributed by atoms with Gasteiger partial charge in [-0.25, -0.2) is 0 Å². The molecule has 0 aromatic carbocycles. The van der Waals surface area contributed by atoms with Gasteiger partial charge in [0.1, 0.15) is 5.78 Å². The van der Waals surface area contributed by atoms with Crippen molar-refractivity contribution < 1.29 is 43.8 Å². The van der Waals surface area contributed by atoms with Crippen molar-refractivity contribution in [1.82, 2.24) is 0 Å². The third-order valence-electron chi connectivity index (χ3n) is 0.696. The summed E-state index contributed by atoms with van der Waals surface area (Å²) in [4.78, 5) is 10.3. The Morgan fingerprint density at radius 1 is 1.33 bits per heavy atom. The molecule has 0 aromatic rings. The van der Waals surface area contributed by atoms with Gasteiger partial charge in [-0.2, -0.15) is 0 Å². The number of carbonyl (C=O) groups is 1. The van der Waals surface area contributed by atoms with E-state index in [1.165, 1.54) is 0 Å². The predicted molar refractivity (Wildman–Crippen MR) is 30.1 cm³/mol. The van der Waals surface area contributed by atoms with Crippen molar-refractivity contribution in [2.75, 3.05) is 0 Å². The molecule has 0 fully saturated rings. The van der Waals surface area contributed by atoms with Gasteiger partial charge in [-0.05, 0) is 12.8 Å². The minimum atomic E-state index is 0. The minimum absolute atomic E-state index is 0. The van der Waals surface area contributed by atoms with Crippen LogP contribution >= 0.6 is 0 Å². The van der Waals surface area contributed by atoms with E-state index in [-0.39, 0.29) is 44.7 Å². The summed E-state index contributed by atoms with van der Waals surface area (Å²) in [5, 5.41) is 0. The fraction of sp³-hybridized carbons (Fsp3) is 0.833. The van der Waals surface area contributed by atoms with Crippen molar-refractivity contribution >= 4 is 5.78 Å². The van der Waals surface area contributed by atoms with Crippen LogP contribution in [0.4, 0.5) is 0 Å². The second-order valence-corrected chi connectivity index (χ2v) is 2.30. The number of Topliss-reactive ketones (excluding diaryl/α,β-unsaturated/α-hetero) is 1. The van der Waals surface area contributed by atoms with Gasteiger partial charge in [0.2, 0.25) is 0 Å². The molecule has 0 saturated heterocycles. The Bertz CT molecular complexity index is 71.5. The zero-order valence-electron chi connectivity index (χ0n) is 6.61. The number of hydrogen-bond acceptors (Lipinski definition) is 1. The molecule has 0 N–H and O–H groups in total. The maximum atomic E-state index is 10.3. The molecule has 0 bridgehead atoms. The molecule has 9 heavy (non-hydrogen) atoms. The Hall–Kier alpha value is 0.917. The van der Waals surface area contributed by atoms with Crippen LogP contribution in [0, 0.1) is 5.92 Å². The van der Waals surface area contributed by atoms with Gasteiger partial charge in [-0.15, -0.1) is 0 Å². The van der Waals surface area contributed by atoms with Gasteiger partial charge in [0.15, 0.2) is 0 Å². The molecule has 0 aliphatic rings. The van der Waals surface area contributed by atoms with Gasteiger partial charge in [0.05, 0.1) is 0 Å². The van der Waals surface area contributed by atoms with Gasteiger partial charge in [-0.3, -0.25) is 0 Å². The van der Waals surface area contributed by atoms with Crippen molar-refractivity contribution in [2.24, 2.45) is 5.92 Å². The average molecular weight is 231 g/mol. The van der Waals surface area contributed by atoms with Crippen molar-refractivity contribution in [2.45, 2.75) is 27.2 Å². The van der Waals surface area contributed by atoms with Crippen LogP contribution in [-0.2, 0) is 43.8 Å². The molecule has 0 saturated carbocycles. The van der Waals surface area contributed by atoms with Crippen molar-refractivity contribution in [3.05, 3.63) is 0 Å². The topological polar surface area (TPSA) is 17.1 Å². The van der Waals surface area contributed by atoms with Crippen LogP contribution in [0.15, 0.2) is 0 Å². The van der Waals surface area contributed by atoms with E-state index in [1.807, 2.05) is 13.8 Å². The molecule has 0 rings (SSSR count). The average Bonchev–Trinajstić information content (AvgIpc) is 1.27. The van der Waals surface area contributed by atoms with Gasteiger partial charge < -0.3 is 4.79 Å². The molecular formula is C6H12OZn2. The van der Waals surface area contributed by atoms with E-state index >= 15 is 0 Å². The van der Waals surface area contributed by atoms with E-state index in [9.17, 15) is 4.79 Å². The van der Waals surface area contributed by atoms with Crippen LogP contribution in [0.25, 0.3) is 0 Å². The third-order valence-corrected chi connectivity index (χ3v) is 0.696. The van der Waals surface area contributed by atoms with Crippen molar-refractivity contribution in [3.8, 4) is 0 Å². The quantitative estimate of drug-likeness (QED) is 0.660. The monoisotopic (exact) mass is 228 g/mol. The molecular weight excluding hydrogens is 219 g/mol. The first kappa shape index (κ1) is 16.5. The zero-order valence-corrected chi connectivity index (χ0v) is 12.5. The van der Waals surface area contributed by atoms with Gasteiger partial charge in [-0.1, -0.05) is 13.8 Å². The summed E-state index contributed by atoms with van der Waals surface area (Å²) in [6.07, 6.45) is 0.722. The third kappa shape index (κ3) is 17.6. The zero-order chi connectivity index (χ0) is 5.86. The number of hydrogen-bond donors (Lipinski definition) is 0. The van der Waals surface area contributed by atoms with Crippen LogP contribution in [0.5, 0.6) is 0 Å². The number of ketones is 1. The van der Waals surface area contributed by atoms with Crippen molar-refractivity contribution in [3.63, 3.8) is 0 Å². The summed E-state index contributed by atoms with van der Waals surface area (Å²) in [5.41, 5.74) is 0. The van der Waals surface area contributed by atoms with Crippen LogP contribution < -0.4 is 0 Å². The molecule has 0 aliphatic heterocycles. The molecule has 0 unspecified atom stereocenters. The van der Waals surface area contributed by atoms with E-state index in [0.29, 0.717) is 5.92 Å². The van der Waals surface area contributed by atoms with Gasteiger partial charge in [0.25, 0.3) is 0 Å². The molecule has 0 heterocycles. The summed E-state index contributed by atoms with van der Waals surface area (Å²) in [6, 6.07) is 0. The van der Waals surface area contributed by atoms with Crippen LogP contribution in [0.3, 0.4) is 0 Å². The van der Waals surface area contributed by atoms with Crippen LogP contribution in [0.2, 0.25) is 0 Å². The Labute approximate surface area is 82.5 Å². The fourth-order valence-corrected chi connectivity index (χ4v) is 0.575. The van der Waals surface area contributed by atoms with Crippen molar-refractivity contribution in [1.29, 1.82) is 0 Å². The molecule has 0 atom stereocenters. The summed E-state index contributed by atoms with van der Waals surface area (Å²) in [6.45, 7) is 5.71. The molecule has 3 heteroatoms. The Morgan fingerprint density at radius 3 is 1.67 bits per heavy atom. The SMILES string of the molecule is CC(=O)CC(C)C.[Zn].[Zn]. The van der Waals surface area contributed by atoms with E-state index < -0.39 is 0 Å². The predicted octanol–water partition coefficient (Wildman–Crippen LogP) is 1.62. The summed E-state index contributed by atoms with van der Waals surface area (Å²) < 4.78 is 0. The molecule has 1 nitrogen and oxygen atoms in total. The second kappa shape index (κ2) is 8.92. The molecule has 0 amide bonds. The Morgan fingerprint density at radius 2 is 1.67 bits per heavy atom. The largest absolute Gasteiger partial charge is 0.300 e. The van der Waals surface area contributed by atoms with Gasteiger partial charge >= 0.3 is 0 Å². The second-order valence-electron chi connectivity index (χ2n) is 2.30. The fourth-order valence-electron chi connectivity index (χ4n) is 0.575. The first-order chi connectivity index (χ1) is 3.13. The molecule has 0 radical (unpaired) electrons. The molecule has 0 spiro atoms. The molecule has 46 valence electrons. The summed E-state index contributed by atoms with van der Waals surface area (Å²) >= 11 is 0. The minimum Gasteiger partial charge on any atom is -0.300 e. The maximum Gasteiger partial charge on any atom is 0.130 e. The Kier molecular flexibility index (Phi) is 16.3. The standard InChI is InChI=1S/C6H12O.2Zn/c1-5(2)4-6(3)7;;/h5H,4H2,1-3H3;;. The van der Waals surface area contributed by atoms with E-state index in [0.717, 1.165) is 6.42 Å². The Balaban J connectivity index is -0.000000180. The normalized spacial score (nSPS) is 7.56. The summed E-state index contributed by atoms with van der Waals surface area (Å²) in [7, 11) is 0. The van der Waals surface area contributed by atoms with Crippen LogP contribution in [-0.4, -0.2) is 5.78 Å². The smallest absolute Gasteiger partial charge is 0.130 e. The number of rotatable bonds is 2. The van der Waals surface area contributed by atoms with E-state index in [4.69, 9.17) is 0 Å². The first-order valence-corrected chi connectivity index (χ1v) is 2.62. The molecule has 0 aromatic heterocycles. The van der Waals surface area contributed by atoms with Gasteiger partial charge in [0, 0.05) is 45.4 Å².